The van der Waals surface area contributed by atoms with Gasteiger partial charge in [-0.3, -0.25) is 10.4 Å². The van der Waals surface area contributed by atoms with Gasteiger partial charge in [-0.05, 0) is 28.1 Å². The number of hydrazone groups is 1. The molecule has 2 heterocycles. The Hall–Kier alpha value is -1.82. The summed E-state index contributed by atoms with van der Waals surface area (Å²) < 4.78 is 0.774. The number of anilines is 1. The maximum absolute atomic E-state index is 4.20. The van der Waals surface area contributed by atoms with Crippen LogP contribution >= 0.6 is 15.9 Å². The molecule has 0 fully saturated rings. The fourth-order valence-corrected chi connectivity index (χ4v) is 1.37. The van der Waals surface area contributed by atoms with Gasteiger partial charge >= 0.3 is 0 Å². The smallest absolute Gasteiger partial charge is 0.164 e. The van der Waals surface area contributed by atoms with E-state index in [2.05, 4.69) is 41.4 Å². The molecule has 0 amide bonds. The zero-order chi connectivity index (χ0) is 11.2. The summed E-state index contributed by atoms with van der Waals surface area (Å²) >= 11 is 3.28. The van der Waals surface area contributed by atoms with Crippen LogP contribution in [0, 0.1) is 0 Å². The first-order valence-electron chi connectivity index (χ1n) is 4.52. The minimum Gasteiger partial charge on any atom is -0.260 e. The summed E-state index contributed by atoms with van der Waals surface area (Å²) in [6.07, 6.45) is 6.39. The highest BCUT2D eigenvalue weighted by Gasteiger charge is 1.91. The van der Waals surface area contributed by atoms with Gasteiger partial charge in [-0.2, -0.15) is 5.10 Å². The standard InChI is InChI=1S/C10H8BrN5/c11-9-3-1-2-8(15-9)6-14-16-10-7-12-4-5-13-10/h1-7H,(H,13,16). The largest absolute Gasteiger partial charge is 0.260 e. The predicted molar refractivity (Wildman–Crippen MR) is 65.2 cm³/mol. The average Bonchev–Trinajstić information content (AvgIpc) is 2.30. The van der Waals surface area contributed by atoms with Gasteiger partial charge in [-0.15, -0.1) is 0 Å². The summed E-state index contributed by atoms with van der Waals surface area (Å²) in [5.74, 6) is 0.591. The Morgan fingerprint density at radius 3 is 3.00 bits per heavy atom. The zero-order valence-corrected chi connectivity index (χ0v) is 9.79. The Labute approximate surface area is 101 Å². The fraction of sp³-hybridized carbons (Fsp3) is 0. The van der Waals surface area contributed by atoms with Gasteiger partial charge in [0.2, 0.25) is 0 Å². The van der Waals surface area contributed by atoms with Crippen molar-refractivity contribution >= 4 is 28.0 Å². The van der Waals surface area contributed by atoms with E-state index < -0.39 is 0 Å². The highest BCUT2D eigenvalue weighted by Crippen LogP contribution is 2.04. The van der Waals surface area contributed by atoms with Crippen LogP contribution in [0.5, 0.6) is 0 Å². The number of aromatic nitrogens is 3. The molecule has 80 valence electrons. The lowest BCUT2D eigenvalue weighted by molar-refractivity contribution is 1.15. The molecule has 0 aliphatic heterocycles. The summed E-state index contributed by atoms with van der Waals surface area (Å²) in [6, 6.07) is 5.60. The lowest BCUT2D eigenvalue weighted by Crippen LogP contribution is -1.94. The highest BCUT2D eigenvalue weighted by molar-refractivity contribution is 9.10. The topological polar surface area (TPSA) is 63.1 Å². The first-order valence-corrected chi connectivity index (χ1v) is 5.31. The molecule has 0 unspecified atom stereocenters. The maximum atomic E-state index is 4.20. The van der Waals surface area contributed by atoms with Crippen molar-refractivity contribution in [1.29, 1.82) is 0 Å². The molecule has 0 bridgehead atoms. The molecule has 5 nitrogen and oxygen atoms in total. The second-order valence-electron chi connectivity index (χ2n) is 2.85. The number of hydrogen-bond acceptors (Lipinski definition) is 5. The molecular weight excluding hydrogens is 270 g/mol. The second kappa shape index (κ2) is 5.32. The van der Waals surface area contributed by atoms with Gasteiger partial charge in [0.15, 0.2) is 5.82 Å². The van der Waals surface area contributed by atoms with Crippen LogP contribution in [0.4, 0.5) is 5.82 Å². The van der Waals surface area contributed by atoms with Crippen molar-refractivity contribution in [1.82, 2.24) is 15.0 Å². The van der Waals surface area contributed by atoms with Gasteiger partial charge in [0.05, 0.1) is 18.1 Å². The summed E-state index contributed by atoms with van der Waals surface area (Å²) in [5, 5.41) is 3.99. The highest BCUT2D eigenvalue weighted by atomic mass is 79.9. The molecule has 0 saturated heterocycles. The minimum atomic E-state index is 0.591. The van der Waals surface area contributed by atoms with Crippen LogP contribution in [0.25, 0.3) is 0 Å². The van der Waals surface area contributed by atoms with Gasteiger partial charge in [0.1, 0.15) is 4.60 Å². The first-order chi connectivity index (χ1) is 7.84. The maximum Gasteiger partial charge on any atom is 0.164 e. The van der Waals surface area contributed by atoms with E-state index in [-0.39, 0.29) is 0 Å². The Morgan fingerprint density at radius 2 is 2.25 bits per heavy atom. The SMILES string of the molecule is Brc1cccc(C=NNc2cnccn2)n1. The third-order valence-corrected chi connectivity index (χ3v) is 2.12. The molecule has 16 heavy (non-hydrogen) atoms. The normalized spacial score (nSPS) is 10.6. The molecule has 2 aromatic rings. The van der Waals surface area contributed by atoms with E-state index >= 15 is 0 Å². The van der Waals surface area contributed by atoms with Gasteiger partial charge in [-0.1, -0.05) is 6.07 Å². The Balaban J connectivity index is 2.00. The quantitative estimate of drug-likeness (QED) is 0.530. The summed E-state index contributed by atoms with van der Waals surface area (Å²) in [5.41, 5.74) is 3.51. The molecule has 2 aromatic heterocycles. The molecular formula is C10H8BrN5. The Bertz CT molecular complexity index is 486. The van der Waals surface area contributed by atoms with Crippen molar-refractivity contribution in [2.45, 2.75) is 0 Å². The van der Waals surface area contributed by atoms with Crippen LogP contribution < -0.4 is 5.43 Å². The molecule has 0 saturated carbocycles. The Morgan fingerprint density at radius 1 is 1.31 bits per heavy atom. The van der Waals surface area contributed by atoms with Crippen LogP contribution in [0.1, 0.15) is 5.69 Å². The number of halogens is 1. The average molecular weight is 278 g/mol. The van der Waals surface area contributed by atoms with Crippen molar-refractivity contribution in [3.63, 3.8) is 0 Å². The van der Waals surface area contributed by atoms with Crippen molar-refractivity contribution in [3.05, 3.63) is 47.1 Å². The van der Waals surface area contributed by atoms with E-state index in [1.165, 1.54) is 0 Å². The van der Waals surface area contributed by atoms with Gasteiger partial charge < -0.3 is 0 Å². The van der Waals surface area contributed by atoms with Crippen LogP contribution in [-0.4, -0.2) is 21.2 Å². The second-order valence-corrected chi connectivity index (χ2v) is 3.66. The molecule has 6 heteroatoms. The number of nitrogens with one attached hydrogen (secondary N) is 1. The third kappa shape index (κ3) is 3.09. The van der Waals surface area contributed by atoms with E-state index in [4.69, 9.17) is 0 Å². The van der Waals surface area contributed by atoms with Crippen molar-refractivity contribution < 1.29 is 0 Å². The van der Waals surface area contributed by atoms with E-state index in [1.807, 2.05) is 18.2 Å². The lowest BCUT2D eigenvalue weighted by Gasteiger charge is -1.96. The Kier molecular flexibility index (Phi) is 3.55. The molecule has 0 atom stereocenters. The van der Waals surface area contributed by atoms with Crippen molar-refractivity contribution in [2.24, 2.45) is 5.10 Å². The fourth-order valence-electron chi connectivity index (χ4n) is 1.02. The summed E-state index contributed by atoms with van der Waals surface area (Å²) in [6.45, 7) is 0. The molecule has 1 N–H and O–H groups in total. The third-order valence-electron chi connectivity index (χ3n) is 1.68. The first kappa shape index (κ1) is 10.7. The van der Waals surface area contributed by atoms with Crippen LogP contribution in [0.2, 0.25) is 0 Å². The van der Waals surface area contributed by atoms with Crippen molar-refractivity contribution in [2.75, 3.05) is 5.43 Å². The summed E-state index contributed by atoms with van der Waals surface area (Å²) in [4.78, 5) is 12.1. The van der Waals surface area contributed by atoms with E-state index in [0.717, 1.165) is 10.3 Å². The number of pyridine rings is 1. The predicted octanol–water partition coefficient (Wildman–Crippen LogP) is 2.08. The molecule has 0 aliphatic carbocycles. The zero-order valence-electron chi connectivity index (χ0n) is 8.21. The number of nitrogens with zero attached hydrogens (tertiary/aromatic N) is 4. The molecule has 0 radical (unpaired) electrons. The molecule has 0 spiro atoms. The minimum absolute atomic E-state index is 0.591. The van der Waals surface area contributed by atoms with Crippen molar-refractivity contribution in [3.8, 4) is 0 Å². The molecule has 2 rings (SSSR count). The summed E-state index contributed by atoms with van der Waals surface area (Å²) in [7, 11) is 0. The van der Waals surface area contributed by atoms with Crippen LogP contribution in [0.3, 0.4) is 0 Å². The van der Waals surface area contributed by atoms with E-state index in [1.54, 1.807) is 24.8 Å². The van der Waals surface area contributed by atoms with Gasteiger partial charge in [0, 0.05) is 12.4 Å². The monoisotopic (exact) mass is 277 g/mol. The lowest BCUT2D eigenvalue weighted by atomic mass is 10.4. The molecule has 0 aliphatic rings. The van der Waals surface area contributed by atoms with Crippen LogP contribution in [0.15, 0.2) is 46.5 Å². The number of rotatable bonds is 3. The molecule has 0 aromatic carbocycles. The van der Waals surface area contributed by atoms with Gasteiger partial charge in [0.25, 0.3) is 0 Å². The van der Waals surface area contributed by atoms with Gasteiger partial charge in [-0.25, -0.2) is 9.97 Å². The van der Waals surface area contributed by atoms with Crippen LogP contribution in [-0.2, 0) is 0 Å². The van der Waals surface area contributed by atoms with E-state index in [0.29, 0.717) is 5.82 Å². The number of hydrogen-bond donors (Lipinski definition) is 1. The van der Waals surface area contributed by atoms with E-state index in [9.17, 15) is 0 Å².